The van der Waals surface area contributed by atoms with Gasteiger partial charge in [0.25, 0.3) is 0 Å². The van der Waals surface area contributed by atoms with Crippen molar-refractivity contribution in [2.45, 2.75) is 64.2 Å². The minimum atomic E-state index is -0.211. The zero-order chi connectivity index (χ0) is 21.1. The number of nitrogens with zero attached hydrogens (tertiary/aromatic N) is 1. The number of likely N-dealkylation sites (tertiary alicyclic amines) is 1. The minimum Gasteiger partial charge on any atom is -0.369 e. The van der Waals surface area contributed by atoms with Crippen LogP contribution in [0.15, 0.2) is 0 Å². The highest BCUT2D eigenvalue weighted by atomic mass is 16.2. The van der Waals surface area contributed by atoms with Crippen molar-refractivity contribution in [1.29, 1.82) is 0 Å². The molecule has 0 spiro atoms. The van der Waals surface area contributed by atoms with E-state index in [1.165, 1.54) is 38.5 Å². The molecule has 5 aliphatic rings. The second-order valence-electron chi connectivity index (χ2n) is 10.6. The maximum Gasteiger partial charge on any atom is 0.239 e. The Morgan fingerprint density at radius 3 is 2.27 bits per heavy atom. The molecule has 4 bridgehead atoms. The molecule has 1 saturated heterocycles. The third-order valence-corrected chi connectivity index (χ3v) is 8.03. The number of piperidine rings is 1. The van der Waals surface area contributed by atoms with Crippen molar-refractivity contribution in [3.05, 3.63) is 0 Å². The number of primary amides is 1. The average molecular weight is 419 g/mol. The molecule has 0 radical (unpaired) electrons. The summed E-state index contributed by atoms with van der Waals surface area (Å²) < 4.78 is 0. The van der Waals surface area contributed by atoms with E-state index >= 15 is 0 Å². The predicted molar refractivity (Wildman–Crippen MR) is 114 cm³/mol. The van der Waals surface area contributed by atoms with Crippen LogP contribution in [-0.4, -0.2) is 55.3 Å². The van der Waals surface area contributed by atoms with Crippen molar-refractivity contribution in [1.82, 2.24) is 15.5 Å². The summed E-state index contributed by atoms with van der Waals surface area (Å²) in [6, 6.07) is 0. The quantitative estimate of drug-likeness (QED) is 0.493. The number of hydrogen-bond donors (Lipinski definition) is 3. The Morgan fingerprint density at radius 2 is 1.63 bits per heavy atom. The summed E-state index contributed by atoms with van der Waals surface area (Å²) in [5.74, 6) is 2.18. The summed E-state index contributed by atoms with van der Waals surface area (Å²) in [6.07, 6.45) is 11.1. The van der Waals surface area contributed by atoms with Crippen LogP contribution in [0.25, 0.3) is 0 Å². The van der Waals surface area contributed by atoms with Crippen LogP contribution >= 0.6 is 0 Å². The van der Waals surface area contributed by atoms with Crippen molar-refractivity contribution in [2.24, 2.45) is 34.8 Å². The molecule has 1 unspecified atom stereocenters. The highest BCUT2D eigenvalue weighted by molar-refractivity contribution is 5.84. The van der Waals surface area contributed by atoms with E-state index in [0.717, 1.165) is 56.7 Å². The number of nitrogens with two attached hydrogens (primary N) is 1. The molecule has 5 rings (SSSR count). The van der Waals surface area contributed by atoms with Gasteiger partial charge in [0.15, 0.2) is 0 Å². The third kappa shape index (κ3) is 5.34. The zero-order valence-corrected chi connectivity index (χ0v) is 18.2. The summed E-state index contributed by atoms with van der Waals surface area (Å²) in [6.45, 7) is 3.21. The predicted octanol–water partition coefficient (Wildman–Crippen LogP) is 1.41. The first-order valence-electron chi connectivity index (χ1n) is 12.0. The first-order valence-corrected chi connectivity index (χ1v) is 12.0. The SMILES string of the molecule is NC(=O)C1CCCN(CCCNC(=O)CNC(=O)CC23CC4CC(CC(C4)C2)C3)C1. The van der Waals surface area contributed by atoms with Crippen LogP contribution in [0.3, 0.4) is 0 Å². The van der Waals surface area contributed by atoms with Crippen LogP contribution in [0.4, 0.5) is 0 Å². The van der Waals surface area contributed by atoms with E-state index in [2.05, 4.69) is 15.5 Å². The smallest absolute Gasteiger partial charge is 0.239 e. The molecule has 1 atom stereocenters. The molecular weight excluding hydrogens is 380 g/mol. The zero-order valence-electron chi connectivity index (χ0n) is 18.2. The number of hydrogen-bond acceptors (Lipinski definition) is 4. The maximum absolute atomic E-state index is 12.5. The Kier molecular flexibility index (Phi) is 6.66. The van der Waals surface area contributed by atoms with Crippen molar-refractivity contribution in [3.8, 4) is 0 Å². The second-order valence-corrected chi connectivity index (χ2v) is 10.6. The van der Waals surface area contributed by atoms with Gasteiger partial charge < -0.3 is 21.3 Å². The Labute approximate surface area is 179 Å². The Bertz CT molecular complexity index is 630. The Hall–Kier alpha value is -1.63. The van der Waals surface area contributed by atoms with E-state index in [1.54, 1.807) is 0 Å². The summed E-state index contributed by atoms with van der Waals surface area (Å²) in [7, 11) is 0. The number of rotatable bonds is 9. The molecule has 30 heavy (non-hydrogen) atoms. The maximum atomic E-state index is 12.5. The van der Waals surface area contributed by atoms with E-state index in [4.69, 9.17) is 5.73 Å². The van der Waals surface area contributed by atoms with Gasteiger partial charge in [0.2, 0.25) is 17.7 Å². The monoisotopic (exact) mass is 418 g/mol. The van der Waals surface area contributed by atoms with Gasteiger partial charge in [0.05, 0.1) is 12.5 Å². The van der Waals surface area contributed by atoms with Crippen LogP contribution in [-0.2, 0) is 14.4 Å². The Morgan fingerprint density at radius 1 is 0.967 bits per heavy atom. The fraction of sp³-hybridized carbons (Fsp3) is 0.870. The molecule has 168 valence electrons. The summed E-state index contributed by atoms with van der Waals surface area (Å²) in [5, 5.41) is 5.75. The van der Waals surface area contributed by atoms with E-state index in [-0.39, 0.29) is 35.6 Å². The molecule has 0 aromatic rings. The standard InChI is InChI=1S/C23H38N4O3/c24-22(30)19-3-1-5-27(15-19)6-2-4-25-21(29)14-26-20(28)13-23-10-16-7-17(11-23)9-18(8-16)12-23/h16-19H,1-15H2,(H2,24,30)(H,25,29)(H,26,28). The van der Waals surface area contributed by atoms with Gasteiger partial charge in [-0.25, -0.2) is 0 Å². The Balaban J connectivity index is 1.09. The molecule has 0 aromatic carbocycles. The first-order chi connectivity index (χ1) is 14.4. The molecule has 4 saturated carbocycles. The first kappa shape index (κ1) is 21.6. The van der Waals surface area contributed by atoms with Gasteiger partial charge in [-0.05, 0) is 94.0 Å². The van der Waals surface area contributed by atoms with Gasteiger partial charge in [-0.3, -0.25) is 14.4 Å². The molecule has 1 heterocycles. The fourth-order valence-electron chi connectivity index (χ4n) is 7.17. The largest absolute Gasteiger partial charge is 0.369 e. The van der Waals surface area contributed by atoms with Crippen LogP contribution in [0.5, 0.6) is 0 Å². The molecule has 1 aliphatic heterocycles. The highest BCUT2D eigenvalue weighted by Gasteiger charge is 2.51. The molecule has 0 aromatic heterocycles. The van der Waals surface area contributed by atoms with Gasteiger partial charge in [0.1, 0.15) is 0 Å². The minimum absolute atomic E-state index is 0.0397. The van der Waals surface area contributed by atoms with Crippen LogP contribution in [0.2, 0.25) is 0 Å². The lowest BCUT2D eigenvalue weighted by Crippen LogP contribution is -2.48. The summed E-state index contributed by atoms with van der Waals surface area (Å²) >= 11 is 0. The van der Waals surface area contributed by atoms with Gasteiger partial charge in [0, 0.05) is 19.5 Å². The number of amides is 3. The molecule has 3 amide bonds. The molecule has 7 nitrogen and oxygen atoms in total. The van der Waals surface area contributed by atoms with E-state index in [1.807, 2.05) is 0 Å². The van der Waals surface area contributed by atoms with E-state index in [0.29, 0.717) is 13.0 Å². The molecule has 7 heteroatoms. The lowest BCUT2D eigenvalue weighted by atomic mass is 9.49. The van der Waals surface area contributed by atoms with Gasteiger partial charge in [-0.2, -0.15) is 0 Å². The van der Waals surface area contributed by atoms with Crippen molar-refractivity contribution < 1.29 is 14.4 Å². The van der Waals surface area contributed by atoms with E-state index < -0.39 is 0 Å². The van der Waals surface area contributed by atoms with Crippen LogP contribution < -0.4 is 16.4 Å². The fourth-order valence-corrected chi connectivity index (χ4v) is 7.17. The van der Waals surface area contributed by atoms with Crippen LogP contribution in [0.1, 0.15) is 64.2 Å². The van der Waals surface area contributed by atoms with Gasteiger partial charge in [-0.1, -0.05) is 0 Å². The topological polar surface area (TPSA) is 105 Å². The number of nitrogens with one attached hydrogen (secondary N) is 2. The van der Waals surface area contributed by atoms with Crippen LogP contribution in [0, 0.1) is 29.1 Å². The third-order valence-electron chi connectivity index (χ3n) is 8.03. The van der Waals surface area contributed by atoms with Gasteiger partial charge >= 0.3 is 0 Å². The normalized spacial score (nSPS) is 35.2. The second kappa shape index (κ2) is 9.25. The van der Waals surface area contributed by atoms with Crippen molar-refractivity contribution in [2.75, 3.05) is 32.7 Å². The molecule has 5 fully saturated rings. The number of carbonyl (C=O) groups is 3. The molecule has 4 aliphatic carbocycles. The number of carbonyl (C=O) groups excluding carboxylic acids is 3. The van der Waals surface area contributed by atoms with Crippen molar-refractivity contribution >= 4 is 17.7 Å². The van der Waals surface area contributed by atoms with E-state index in [9.17, 15) is 14.4 Å². The molecular formula is C23H38N4O3. The lowest BCUT2D eigenvalue weighted by Gasteiger charge is -2.56. The summed E-state index contributed by atoms with van der Waals surface area (Å²) in [4.78, 5) is 38.2. The lowest BCUT2D eigenvalue weighted by molar-refractivity contribution is -0.132. The summed E-state index contributed by atoms with van der Waals surface area (Å²) in [5.41, 5.74) is 5.63. The highest BCUT2D eigenvalue weighted by Crippen LogP contribution is 2.61. The molecule has 4 N–H and O–H groups in total. The average Bonchev–Trinajstić information content (AvgIpc) is 2.68. The van der Waals surface area contributed by atoms with Gasteiger partial charge in [-0.15, -0.1) is 0 Å². The van der Waals surface area contributed by atoms with Crippen molar-refractivity contribution in [3.63, 3.8) is 0 Å².